The standard InChI is InChI=1S/C21H21N3O3S/c25-19(13-27-14-20-23-17-4-1-2-5-18(17)28-20)22-12-15-7-9-16(10-8-15)24-11-3-6-21(24)26/h1-2,4-5,7-10H,3,6,11-14H2,(H,22,25). The summed E-state index contributed by atoms with van der Waals surface area (Å²) in [7, 11) is 0. The maximum Gasteiger partial charge on any atom is 0.246 e. The zero-order valence-electron chi connectivity index (χ0n) is 15.4. The van der Waals surface area contributed by atoms with Crippen LogP contribution in [0.3, 0.4) is 0 Å². The first-order valence-electron chi connectivity index (χ1n) is 9.27. The molecule has 4 rings (SSSR count). The Morgan fingerprint density at radius 2 is 2.00 bits per heavy atom. The minimum absolute atomic E-state index is 0.00368. The number of nitrogens with one attached hydrogen (secondary N) is 1. The van der Waals surface area contributed by atoms with Gasteiger partial charge in [0.05, 0.1) is 16.8 Å². The molecule has 1 saturated heterocycles. The fourth-order valence-electron chi connectivity index (χ4n) is 3.18. The van der Waals surface area contributed by atoms with Gasteiger partial charge in [-0.15, -0.1) is 11.3 Å². The Bertz CT molecular complexity index is 951. The second-order valence-electron chi connectivity index (χ2n) is 6.66. The van der Waals surface area contributed by atoms with Gasteiger partial charge in [-0.1, -0.05) is 24.3 Å². The van der Waals surface area contributed by atoms with E-state index in [1.54, 1.807) is 16.2 Å². The molecule has 0 bridgehead atoms. The summed E-state index contributed by atoms with van der Waals surface area (Å²) in [5, 5.41) is 3.71. The number of para-hydroxylation sites is 1. The van der Waals surface area contributed by atoms with Crippen molar-refractivity contribution in [1.82, 2.24) is 10.3 Å². The number of nitrogens with zero attached hydrogens (tertiary/aromatic N) is 2. The molecular formula is C21H21N3O3S. The van der Waals surface area contributed by atoms with Gasteiger partial charge >= 0.3 is 0 Å². The van der Waals surface area contributed by atoms with Crippen molar-refractivity contribution in [3.63, 3.8) is 0 Å². The van der Waals surface area contributed by atoms with Crippen LogP contribution >= 0.6 is 11.3 Å². The van der Waals surface area contributed by atoms with Crippen LogP contribution in [0.5, 0.6) is 0 Å². The highest BCUT2D eigenvalue weighted by Gasteiger charge is 2.21. The smallest absolute Gasteiger partial charge is 0.246 e. The normalized spacial score (nSPS) is 14.0. The minimum Gasteiger partial charge on any atom is -0.364 e. The molecule has 0 aliphatic carbocycles. The van der Waals surface area contributed by atoms with Crippen molar-refractivity contribution in [1.29, 1.82) is 0 Å². The third-order valence-electron chi connectivity index (χ3n) is 4.61. The summed E-state index contributed by atoms with van der Waals surface area (Å²) in [5.74, 6) is 0.00577. The molecule has 2 amide bonds. The molecule has 2 aromatic carbocycles. The molecule has 0 unspecified atom stereocenters. The second kappa shape index (κ2) is 8.50. The number of amides is 2. The van der Waals surface area contributed by atoms with Gasteiger partial charge in [0.2, 0.25) is 11.8 Å². The lowest BCUT2D eigenvalue weighted by Gasteiger charge is -2.16. The molecule has 1 aromatic heterocycles. The number of benzene rings is 2. The van der Waals surface area contributed by atoms with E-state index in [1.165, 1.54) is 0 Å². The number of carbonyl (C=O) groups is 2. The summed E-state index contributed by atoms with van der Waals surface area (Å²) in [6, 6.07) is 15.6. The fraction of sp³-hybridized carbons (Fsp3) is 0.286. The highest BCUT2D eigenvalue weighted by Crippen LogP contribution is 2.22. The topological polar surface area (TPSA) is 71.5 Å². The van der Waals surface area contributed by atoms with E-state index >= 15 is 0 Å². The Labute approximate surface area is 167 Å². The van der Waals surface area contributed by atoms with E-state index in [-0.39, 0.29) is 18.4 Å². The quantitative estimate of drug-likeness (QED) is 0.667. The lowest BCUT2D eigenvalue weighted by Crippen LogP contribution is -2.27. The Morgan fingerprint density at radius 3 is 2.75 bits per heavy atom. The van der Waals surface area contributed by atoms with Gasteiger partial charge in [0.15, 0.2) is 0 Å². The largest absolute Gasteiger partial charge is 0.364 e. The molecule has 0 atom stereocenters. The van der Waals surface area contributed by atoms with E-state index in [2.05, 4.69) is 10.3 Å². The molecule has 1 aliphatic heterocycles. The molecule has 0 spiro atoms. The first-order chi connectivity index (χ1) is 13.7. The van der Waals surface area contributed by atoms with Gasteiger partial charge in [-0.25, -0.2) is 4.98 Å². The summed E-state index contributed by atoms with van der Waals surface area (Å²) in [4.78, 5) is 30.1. The third kappa shape index (κ3) is 4.37. The van der Waals surface area contributed by atoms with E-state index in [4.69, 9.17) is 4.74 Å². The van der Waals surface area contributed by atoms with E-state index in [0.717, 1.165) is 39.4 Å². The molecular weight excluding hydrogens is 374 g/mol. The molecule has 1 fully saturated rings. The van der Waals surface area contributed by atoms with Crippen LogP contribution in [0.25, 0.3) is 10.2 Å². The number of hydrogen-bond donors (Lipinski definition) is 1. The SMILES string of the molecule is O=C(COCc1nc2ccccc2s1)NCc1ccc(N2CCCC2=O)cc1. The second-order valence-corrected chi connectivity index (χ2v) is 7.78. The molecule has 3 aromatic rings. The molecule has 28 heavy (non-hydrogen) atoms. The highest BCUT2D eigenvalue weighted by molar-refractivity contribution is 7.18. The molecule has 1 N–H and O–H groups in total. The minimum atomic E-state index is -0.167. The van der Waals surface area contributed by atoms with Gasteiger partial charge in [0.1, 0.15) is 11.6 Å². The van der Waals surface area contributed by atoms with E-state index < -0.39 is 0 Å². The van der Waals surface area contributed by atoms with Crippen molar-refractivity contribution in [3.05, 3.63) is 59.1 Å². The third-order valence-corrected chi connectivity index (χ3v) is 5.62. The van der Waals surface area contributed by atoms with Gasteiger partial charge in [0.25, 0.3) is 0 Å². The monoisotopic (exact) mass is 395 g/mol. The van der Waals surface area contributed by atoms with Gasteiger partial charge in [0, 0.05) is 25.2 Å². The first kappa shape index (κ1) is 18.6. The number of carbonyl (C=O) groups excluding carboxylic acids is 2. The molecule has 144 valence electrons. The Morgan fingerprint density at radius 1 is 1.18 bits per heavy atom. The Kier molecular flexibility index (Phi) is 5.64. The van der Waals surface area contributed by atoms with Crippen molar-refractivity contribution in [2.75, 3.05) is 18.1 Å². The number of fused-ring (bicyclic) bond motifs is 1. The van der Waals surface area contributed by atoms with Crippen molar-refractivity contribution < 1.29 is 14.3 Å². The summed E-state index contributed by atoms with van der Waals surface area (Å²) in [6.07, 6.45) is 1.53. The van der Waals surface area contributed by atoms with Crippen LogP contribution in [-0.2, 0) is 27.5 Å². The summed E-state index contributed by atoms with van der Waals surface area (Å²) < 4.78 is 6.61. The molecule has 2 heterocycles. The molecule has 1 aliphatic rings. The van der Waals surface area contributed by atoms with E-state index in [0.29, 0.717) is 19.6 Å². The number of ether oxygens (including phenoxy) is 1. The molecule has 6 nitrogen and oxygen atoms in total. The van der Waals surface area contributed by atoms with E-state index in [1.807, 2.05) is 48.5 Å². The van der Waals surface area contributed by atoms with Crippen molar-refractivity contribution >= 4 is 39.1 Å². The summed E-state index contributed by atoms with van der Waals surface area (Å²) in [6.45, 7) is 1.53. The van der Waals surface area contributed by atoms with Crippen LogP contribution in [0.15, 0.2) is 48.5 Å². The Balaban J connectivity index is 1.21. The maximum atomic E-state index is 12.0. The lowest BCUT2D eigenvalue weighted by molar-refractivity contribution is -0.126. The van der Waals surface area contributed by atoms with Crippen LogP contribution in [0.1, 0.15) is 23.4 Å². The van der Waals surface area contributed by atoms with Crippen molar-refractivity contribution in [3.8, 4) is 0 Å². The zero-order valence-corrected chi connectivity index (χ0v) is 16.2. The average molecular weight is 395 g/mol. The fourth-order valence-corrected chi connectivity index (χ4v) is 4.08. The number of thiazole rings is 1. The van der Waals surface area contributed by atoms with Crippen molar-refractivity contribution in [2.24, 2.45) is 0 Å². The number of aromatic nitrogens is 1. The zero-order chi connectivity index (χ0) is 19.3. The molecule has 7 heteroatoms. The Hall–Kier alpha value is -2.77. The molecule has 0 radical (unpaired) electrons. The first-order valence-corrected chi connectivity index (χ1v) is 10.1. The van der Waals surface area contributed by atoms with Gasteiger partial charge in [-0.3, -0.25) is 9.59 Å². The predicted molar refractivity (Wildman–Crippen MR) is 109 cm³/mol. The highest BCUT2D eigenvalue weighted by atomic mass is 32.1. The van der Waals surface area contributed by atoms with Crippen LogP contribution in [0.4, 0.5) is 5.69 Å². The number of anilines is 1. The van der Waals surface area contributed by atoms with Crippen LogP contribution in [0.2, 0.25) is 0 Å². The van der Waals surface area contributed by atoms with Crippen LogP contribution < -0.4 is 10.2 Å². The average Bonchev–Trinajstić information content (AvgIpc) is 3.32. The van der Waals surface area contributed by atoms with Crippen LogP contribution in [-0.4, -0.2) is 29.9 Å². The number of hydrogen-bond acceptors (Lipinski definition) is 5. The summed E-state index contributed by atoms with van der Waals surface area (Å²) in [5.41, 5.74) is 2.85. The van der Waals surface area contributed by atoms with Gasteiger partial charge in [-0.2, -0.15) is 0 Å². The van der Waals surface area contributed by atoms with Gasteiger partial charge < -0.3 is 15.0 Å². The maximum absolute atomic E-state index is 12.0. The van der Waals surface area contributed by atoms with Crippen LogP contribution in [0, 0.1) is 0 Å². The van der Waals surface area contributed by atoms with E-state index in [9.17, 15) is 9.59 Å². The summed E-state index contributed by atoms with van der Waals surface area (Å²) >= 11 is 1.58. The van der Waals surface area contributed by atoms with Gasteiger partial charge in [-0.05, 0) is 36.2 Å². The lowest BCUT2D eigenvalue weighted by atomic mass is 10.2. The molecule has 0 saturated carbocycles. The van der Waals surface area contributed by atoms with Crippen molar-refractivity contribution in [2.45, 2.75) is 26.0 Å². The predicted octanol–water partition coefficient (Wildman–Crippen LogP) is 3.26. The number of rotatable bonds is 7.